The Morgan fingerprint density at radius 2 is 2.04 bits per heavy atom. The number of pyridine rings is 1. The Balaban J connectivity index is 1.70. The summed E-state index contributed by atoms with van der Waals surface area (Å²) in [5, 5.41) is 5.32. The molecule has 0 aliphatic rings. The summed E-state index contributed by atoms with van der Waals surface area (Å²) in [6.07, 6.45) is 3.44. The molecule has 0 atom stereocenters. The fourth-order valence-electron chi connectivity index (χ4n) is 1.94. The van der Waals surface area contributed by atoms with Crippen LogP contribution in [0.5, 0.6) is 0 Å². The highest BCUT2D eigenvalue weighted by molar-refractivity contribution is 5.77. The van der Waals surface area contributed by atoms with Gasteiger partial charge >= 0.3 is 6.09 Å². The van der Waals surface area contributed by atoms with Gasteiger partial charge in [0, 0.05) is 25.4 Å². The molecule has 7 heteroatoms. The molecule has 0 radical (unpaired) electrons. The highest BCUT2D eigenvalue weighted by Crippen LogP contribution is 2.06. The SMILES string of the molecule is CC(C)(C)OC(=O)NCCC(=O)NCc1cn2ccccc2n1. The van der Waals surface area contributed by atoms with Crippen molar-refractivity contribution in [1.29, 1.82) is 0 Å². The number of carbonyl (C=O) groups excluding carboxylic acids is 2. The van der Waals surface area contributed by atoms with Crippen molar-refractivity contribution < 1.29 is 14.3 Å². The summed E-state index contributed by atoms with van der Waals surface area (Å²) in [6, 6.07) is 5.72. The molecule has 124 valence electrons. The molecule has 2 aromatic rings. The Kier molecular flexibility index (Phi) is 5.20. The Hall–Kier alpha value is -2.57. The first kappa shape index (κ1) is 16.8. The normalized spacial score (nSPS) is 11.3. The van der Waals surface area contributed by atoms with Crippen molar-refractivity contribution >= 4 is 17.6 Å². The second-order valence-corrected chi connectivity index (χ2v) is 6.15. The number of carbonyl (C=O) groups is 2. The van der Waals surface area contributed by atoms with Crippen molar-refractivity contribution in [2.45, 2.75) is 39.3 Å². The molecule has 0 aliphatic heterocycles. The van der Waals surface area contributed by atoms with Crippen LogP contribution in [0.2, 0.25) is 0 Å². The van der Waals surface area contributed by atoms with Gasteiger partial charge in [0.1, 0.15) is 11.2 Å². The molecule has 23 heavy (non-hydrogen) atoms. The largest absolute Gasteiger partial charge is 0.444 e. The van der Waals surface area contributed by atoms with E-state index < -0.39 is 11.7 Å². The van der Waals surface area contributed by atoms with Crippen LogP contribution >= 0.6 is 0 Å². The molecule has 0 saturated heterocycles. The fraction of sp³-hybridized carbons (Fsp3) is 0.438. The van der Waals surface area contributed by atoms with E-state index in [2.05, 4.69) is 15.6 Å². The van der Waals surface area contributed by atoms with Crippen molar-refractivity contribution in [3.8, 4) is 0 Å². The molecule has 2 aromatic heterocycles. The second-order valence-electron chi connectivity index (χ2n) is 6.15. The predicted molar refractivity (Wildman–Crippen MR) is 85.9 cm³/mol. The van der Waals surface area contributed by atoms with E-state index in [-0.39, 0.29) is 18.9 Å². The molecule has 2 N–H and O–H groups in total. The maximum absolute atomic E-state index is 11.8. The summed E-state index contributed by atoms with van der Waals surface area (Å²) in [5.41, 5.74) is 1.07. The van der Waals surface area contributed by atoms with Crippen LogP contribution in [0.3, 0.4) is 0 Å². The summed E-state index contributed by atoms with van der Waals surface area (Å²) >= 11 is 0. The lowest BCUT2D eigenvalue weighted by Gasteiger charge is -2.19. The van der Waals surface area contributed by atoms with E-state index in [0.717, 1.165) is 11.3 Å². The number of hydrogen-bond donors (Lipinski definition) is 2. The first-order valence-corrected chi connectivity index (χ1v) is 7.50. The zero-order chi connectivity index (χ0) is 16.9. The Morgan fingerprint density at radius 1 is 1.26 bits per heavy atom. The summed E-state index contributed by atoms with van der Waals surface area (Å²) in [5.74, 6) is -0.155. The molecule has 2 amide bonds. The Morgan fingerprint density at radius 3 is 2.74 bits per heavy atom. The zero-order valence-electron chi connectivity index (χ0n) is 13.6. The third-order valence-electron chi connectivity index (χ3n) is 2.90. The van der Waals surface area contributed by atoms with Gasteiger partial charge in [-0.1, -0.05) is 6.07 Å². The van der Waals surface area contributed by atoms with E-state index in [9.17, 15) is 9.59 Å². The Labute approximate surface area is 135 Å². The van der Waals surface area contributed by atoms with E-state index in [1.54, 1.807) is 20.8 Å². The van der Waals surface area contributed by atoms with E-state index in [0.29, 0.717) is 6.54 Å². The zero-order valence-corrected chi connectivity index (χ0v) is 13.6. The van der Waals surface area contributed by atoms with Gasteiger partial charge < -0.3 is 19.8 Å². The molecule has 2 heterocycles. The number of amides is 2. The van der Waals surface area contributed by atoms with Crippen molar-refractivity contribution in [3.63, 3.8) is 0 Å². The quantitative estimate of drug-likeness (QED) is 0.881. The molecule has 7 nitrogen and oxygen atoms in total. The van der Waals surface area contributed by atoms with Gasteiger partial charge in [-0.2, -0.15) is 0 Å². The maximum Gasteiger partial charge on any atom is 0.407 e. The van der Waals surface area contributed by atoms with Gasteiger partial charge in [0.15, 0.2) is 0 Å². The standard InChI is InChI=1S/C16H22N4O3/c1-16(2,3)23-15(22)17-8-7-14(21)18-10-12-11-20-9-5-4-6-13(20)19-12/h4-6,9,11H,7-8,10H2,1-3H3,(H,17,22)(H,18,21). The lowest BCUT2D eigenvalue weighted by atomic mass is 10.2. The smallest absolute Gasteiger partial charge is 0.407 e. The lowest BCUT2D eigenvalue weighted by Crippen LogP contribution is -2.35. The van der Waals surface area contributed by atoms with Crippen LogP contribution in [-0.4, -0.2) is 33.5 Å². The maximum atomic E-state index is 11.8. The summed E-state index contributed by atoms with van der Waals surface area (Å²) in [7, 11) is 0. The molecule has 0 aliphatic carbocycles. The van der Waals surface area contributed by atoms with E-state index >= 15 is 0 Å². The molecule has 0 aromatic carbocycles. The number of nitrogens with zero attached hydrogens (tertiary/aromatic N) is 2. The van der Waals surface area contributed by atoms with E-state index in [4.69, 9.17) is 4.74 Å². The van der Waals surface area contributed by atoms with E-state index in [1.165, 1.54) is 0 Å². The van der Waals surface area contributed by atoms with Crippen molar-refractivity contribution in [1.82, 2.24) is 20.0 Å². The van der Waals surface area contributed by atoms with Crippen LogP contribution in [-0.2, 0) is 16.1 Å². The number of nitrogens with one attached hydrogen (secondary N) is 2. The molecular weight excluding hydrogens is 296 g/mol. The predicted octanol–water partition coefficient (Wildman–Crippen LogP) is 1.87. The van der Waals surface area contributed by atoms with Gasteiger partial charge in [-0.15, -0.1) is 0 Å². The minimum absolute atomic E-state index is 0.155. The molecule has 0 unspecified atom stereocenters. The number of rotatable bonds is 5. The minimum Gasteiger partial charge on any atom is -0.444 e. The number of fused-ring (bicyclic) bond motifs is 1. The third-order valence-corrected chi connectivity index (χ3v) is 2.90. The highest BCUT2D eigenvalue weighted by atomic mass is 16.6. The molecular formula is C16H22N4O3. The van der Waals surface area contributed by atoms with E-state index in [1.807, 2.05) is 35.0 Å². The summed E-state index contributed by atoms with van der Waals surface area (Å²) in [4.78, 5) is 27.6. The van der Waals surface area contributed by atoms with Crippen molar-refractivity contribution in [2.75, 3.05) is 6.54 Å². The summed E-state index contributed by atoms with van der Waals surface area (Å²) in [6.45, 7) is 5.94. The lowest BCUT2D eigenvalue weighted by molar-refractivity contribution is -0.121. The Bertz CT molecular complexity index is 655. The highest BCUT2D eigenvalue weighted by Gasteiger charge is 2.15. The molecule has 0 spiro atoms. The van der Waals surface area contributed by atoms with Crippen LogP contribution in [0, 0.1) is 0 Å². The second kappa shape index (κ2) is 7.13. The van der Waals surface area contributed by atoms with Crippen LogP contribution in [0.4, 0.5) is 4.79 Å². The number of aromatic nitrogens is 2. The van der Waals surface area contributed by atoms with Crippen LogP contribution in [0.25, 0.3) is 5.65 Å². The average molecular weight is 318 g/mol. The number of hydrogen-bond acceptors (Lipinski definition) is 4. The van der Waals surface area contributed by atoms with Gasteiger partial charge in [0.2, 0.25) is 5.91 Å². The number of ether oxygens (including phenoxy) is 1. The van der Waals surface area contributed by atoms with Gasteiger partial charge in [0.25, 0.3) is 0 Å². The molecule has 0 saturated carbocycles. The molecule has 0 bridgehead atoms. The molecule has 0 fully saturated rings. The fourth-order valence-corrected chi connectivity index (χ4v) is 1.94. The van der Waals surface area contributed by atoms with Gasteiger partial charge in [-0.3, -0.25) is 4.79 Å². The van der Waals surface area contributed by atoms with Crippen molar-refractivity contribution in [2.24, 2.45) is 0 Å². The van der Waals surface area contributed by atoms with Gasteiger partial charge in [-0.05, 0) is 32.9 Å². The first-order chi connectivity index (χ1) is 10.8. The molecule has 2 rings (SSSR count). The van der Waals surface area contributed by atoms with Gasteiger partial charge in [0.05, 0.1) is 12.2 Å². The number of alkyl carbamates (subject to hydrolysis) is 1. The van der Waals surface area contributed by atoms with Crippen LogP contribution < -0.4 is 10.6 Å². The first-order valence-electron chi connectivity index (χ1n) is 7.50. The minimum atomic E-state index is -0.546. The average Bonchev–Trinajstić information content (AvgIpc) is 2.86. The van der Waals surface area contributed by atoms with Gasteiger partial charge in [-0.25, -0.2) is 9.78 Å². The third kappa shape index (κ3) is 5.61. The van der Waals surface area contributed by atoms with Crippen molar-refractivity contribution in [3.05, 3.63) is 36.3 Å². The number of imidazole rings is 1. The topological polar surface area (TPSA) is 84.7 Å². The van der Waals surface area contributed by atoms with Crippen LogP contribution in [0.1, 0.15) is 32.9 Å². The monoisotopic (exact) mass is 318 g/mol. The summed E-state index contributed by atoms with van der Waals surface area (Å²) < 4.78 is 6.98. The van der Waals surface area contributed by atoms with Crippen LogP contribution in [0.15, 0.2) is 30.6 Å².